The molecule has 0 N–H and O–H groups in total. The number of fused-ring (bicyclic) bond motifs is 8. The van der Waals surface area contributed by atoms with Crippen molar-refractivity contribution < 1.29 is 49.0 Å². The summed E-state index contributed by atoms with van der Waals surface area (Å²) in [6.45, 7) is 20.3. The number of halogens is 3. The van der Waals surface area contributed by atoms with E-state index in [-0.39, 0.29) is 62.7 Å². The summed E-state index contributed by atoms with van der Waals surface area (Å²) in [5, 5.41) is 0.795. The van der Waals surface area contributed by atoms with E-state index in [0.717, 1.165) is 11.4 Å². The van der Waals surface area contributed by atoms with Crippen LogP contribution in [-0.2, 0) is 24.2 Å². The van der Waals surface area contributed by atoms with Crippen molar-refractivity contribution in [3.8, 4) is 0 Å². The molecule has 0 aromatic heterocycles. The third kappa shape index (κ3) is 5.74. The van der Waals surface area contributed by atoms with Gasteiger partial charge in [0.25, 0.3) is 0 Å². The molecule has 0 nitrogen and oxygen atoms in total. The maximum atomic E-state index is 5.97. The van der Waals surface area contributed by atoms with Crippen LogP contribution < -0.4 is 24.8 Å². The van der Waals surface area contributed by atoms with Gasteiger partial charge in [0.15, 0.2) is 0 Å². The van der Waals surface area contributed by atoms with Crippen molar-refractivity contribution in [2.24, 2.45) is 43.8 Å². The van der Waals surface area contributed by atoms with Gasteiger partial charge in [-0.15, -0.1) is 23.8 Å². The van der Waals surface area contributed by atoms with Crippen LogP contribution in [0.1, 0.15) is 72.9 Å². The quantitative estimate of drug-likeness (QED) is 0.308. The second kappa shape index (κ2) is 15.0. The first-order valence-corrected chi connectivity index (χ1v) is 19.3. The van der Waals surface area contributed by atoms with Crippen LogP contribution in [0, 0.1) is 56.3 Å². The van der Waals surface area contributed by atoms with Crippen molar-refractivity contribution in [3.63, 3.8) is 0 Å². The minimum absolute atomic E-state index is 0. The molecular formula is C47H51Cl3Zr-2. The molecule has 8 rings (SSSR count). The zero-order chi connectivity index (χ0) is 35.3. The summed E-state index contributed by atoms with van der Waals surface area (Å²) in [5.41, 5.74) is 4.22. The van der Waals surface area contributed by atoms with Gasteiger partial charge in [-0.3, -0.25) is 6.08 Å². The van der Waals surface area contributed by atoms with E-state index >= 15 is 0 Å². The fourth-order valence-electron chi connectivity index (χ4n) is 11.0. The second-order valence-electron chi connectivity index (χ2n) is 16.0. The molecular weight excluding hydrogens is 762 g/mol. The summed E-state index contributed by atoms with van der Waals surface area (Å²) in [6.07, 6.45) is 39.3. The van der Waals surface area contributed by atoms with Crippen LogP contribution in [0.5, 0.6) is 0 Å². The van der Waals surface area contributed by atoms with Gasteiger partial charge in [0.2, 0.25) is 0 Å². The van der Waals surface area contributed by atoms with Crippen LogP contribution in [0.3, 0.4) is 0 Å². The molecule has 8 unspecified atom stereocenters. The van der Waals surface area contributed by atoms with E-state index < -0.39 is 0 Å². The molecule has 0 saturated heterocycles. The van der Waals surface area contributed by atoms with E-state index in [1.54, 1.807) is 0 Å². The van der Waals surface area contributed by atoms with Crippen LogP contribution in [0.4, 0.5) is 0 Å². The summed E-state index contributed by atoms with van der Waals surface area (Å²) in [7, 11) is 0. The fraction of sp³-hybridized carbons (Fsp3) is 0.362. The molecule has 0 heterocycles. The second-order valence-corrected chi connectivity index (χ2v) is 17.6. The molecule has 266 valence electrons. The Morgan fingerprint density at radius 3 is 1.84 bits per heavy atom. The van der Waals surface area contributed by atoms with Gasteiger partial charge in [-0.1, -0.05) is 115 Å². The van der Waals surface area contributed by atoms with E-state index in [9.17, 15) is 0 Å². The molecule has 0 amide bonds. The maximum Gasteiger partial charge on any atom is -0.109 e. The van der Waals surface area contributed by atoms with Gasteiger partial charge in [0.05, 0.1) is 0 Å². The fourth-order valence-corrected chi connectivity index (χ4v) is 12.0. The molecule has 0 spiro atoms. The van der Waals surface area contributed by atoms with Crippen molar-refractivity contribution in [2.75, 3.05) is 0 Å². The molecule has 0 aliphatic heterocycles. The Kier molecular flexibility index (Phi) is 12.3. The summed E-state index contributed by atoms with van der Waals surface area (Å²) < 4.78 is 1.34. The first-order valence-electron chi connectivity index (χ1n) is 17.7. The summed E-state index contributed by atoms with van der Waals surface area (Å²) in [4.78, 5) is 0. The normalized spacial score (nSPS) is 38.3. The van der Waals surface area contributed by atoms with Gasteiger partial charge in [-0.05, 0) is 28.6 Å². The SMILES string of the molecule is CC1=CC=CC2[CH-]C3(C)C4(C)C=CC=CC4(C)C4(C)C=CC=CC4(C)C3(C)C12C.Clc1cccc([C](=[Zr+2])c2ccccc2)c1.[C-]1=CC=CC1.[Cl-].[Cl-]. The van der Waals surface area contributed by atoms with Crippen LogP contribution in [0.25, 0.3) is 0 Å². The summed E-state index contributed by atoms with van der Waals surface area (Å²) >= 11 is 7.38. The molecule has 4 heteroatoms. The van der Waals surface area contributed by atoms with Crippen molar-refractivity contribution >= 4 is 14.8 Å². The van der Waals surface area contributed by atoms with Crippen LogP contribution in [0.2, 0.25) is 5.02 Å². The molecule has 2 aromatic carbocycles. The Morgan fingerprint density at radius 2 is 1.29 bits per heavy atom. The molecule has 2 aromatic rings. The zero-order valence-corrected chi connectivity index (χ0v) is 36.0. The van der Waals surface area contributed by atoms with E-state index in [0.29, 0.717) is 5.92 Å². The molecule has 0 bridgehead atoms. The minimum atomic E-state index is 0. The molecule has 6 aliphatic rings. The number of hydrogen-bond acceptors (Lipinski definition) is 0. The molecule has 2 fully saturated rings. The van der Waals surface area contributed by atoms with Gasteiger partial charge < -0.3 is 31.2 Å². The monoisotopic (exact) mass is 810 g/mol. The Bertz CT molecular complexity index is 1870. The Balaban J connectivity index is 0.000000222. The Labute approximate surface area is 340 Å². The van der Waals surface area contributed by atoms with Crippen molar-refractivity contribution in [1.29, 1.82) is 0 Å². The first-order chi connectivity index (χ1) is 23.2. The smallest absolute Gasteiger partial charge is 0.109 e. The van der Waals surface area contributed by atoms with Crippen LogP contribution >= 0.6 is 11.6 Å². The van der Waals surface area contributed by atoms with Gasteiger partial charge in [0.1, 0.15) is 0 Å². The first kappa shape index (κ1) is 41.7. The van der Waals surface area contributed by atoms with E-state index in [1.807, 2.05) is 36.4 Å². The van der Waals surface area contributed by atoms with Gasteiger partial charge in [-0.2, -0.15) is 6.08 Å². The predicted octanol–water partition coefficient (Wildman–Crippen LogP) is 6.42. The van der Waals surface area contributed by atoms with Gasteiger partial charge in [0, 0.05) is 10.8 Å². The molecule has 51 heavy (non-hydrogen) atoms. The number of hydrogen-bond donors (Lipinski definition) is 0. The molecule has 6 aliphatic carbocycles. The van der Waals surface area contributed by atoms with Gasteiger partial charge in [-0.25, -0.2) is 12.2 Å². The predicted molar refractivity (Wildman–Crippen MR) is 207 cm³/mol. The van der Waals surface area contributed by atoms with Crippen LogP contribution in [-0.4, -0.2) is 3.21 Å². The molecule has 8 atom stereocenters. The molecule has 2 saturated carbocycles. The standard InChI is InChI=1S/C29H37.C13H9Cl.C5H5.2ClH.Zr/c1-21-14-13-15-22-20-27(6)25(4)18-10-9-16-23(25,2)24(3)17-11-12-19-26(24,5)29(27,8)28(21,22)7;14-13-8-4-7-12(10-13)9-11-5-2-1-3-6-11;1-2-4-5-3-1;;;/h9-20,22H,1-8H3;1-8,10H;1-3H,4H2;2*1H;/q-1;;-1;;;+2/p-2. The number of benzene rings is 2. The van der Waals surface area contributed by atoms with Crippen molar-refractivity contribution in [3.05, 3.63) is 174 Å². The average molecular weight is 814 g/mol. The van der Waals surface area contributed by atoms with E-state index in [4.69, 9.17) is 11.6 Å². The van der Waals surface area contributed by atoms with E-state index in [1.165, 1.54) is 44.1 Å². The van der Waals surface area contributed by atoms with E-state index in [2.05, 4.69) is 171 Å². The Morgan fingerprint density at radius 1 is 0.725 bits per heavy atom. The maximum absolute atomic E-state index is 5.97. The number of allylic oxidation sites excluding steroid dienone is 16. The third-order valence-corrected chi connectivity index (χ3v) is 16.5. The number of rotatable bonds is 2. The molecule has 0 radical (unpaired) electrons. The topological polar surface area (TPSA) is 0 Å². The third-order valence-electron chi connectivity index (χ3n) is 14.8. The average Bonchev–Trinajstić information content (AvgIpc) is 3.75. The Hall–Kier alpha value is -2.02. The van der Waals surface area contributed by atoms with Crippen molar-refractivity contribution in [1.82, 2.24) is 0 Å². The van der Waals surface area contributed by atoms with Gasteiger partial charge >= 0.3 is 110 Å². The zero-order valence-electron chi connectivity index (χ0n) is 31.3. The van der Waals surface area contributed by atoms with Crippen molar-refractivity contribution in [2.45, 2.75) is 61.8 Å². The summed E-state index contributed by atoms with van der Waals surface area (Å²) in [5.74, 6) is 0.460. The summed E-state index contributed by atoms with van der Waals surface area (Å²) in [6, 6.07) is 18.4. The largest absolute Gasteiger partial charge is 1.00 e. The minimum Gasteiger partial charge on any atom is -1.00 e. The van der Waals surface area contributed by atoms with Crippen LogP contribution in [0.15, 0.2) is 145 Å².